The Balaban J connectivity index is 0.00000192. The predicted molar refractivity (Wildman–Crippen MR) is 92.3 cm³/mol. The zero-order chi connectivity index (χ0) is 16.1. The van der Waals surface area contributed by atoms with Crippen molar-refractivity contribution in [3.63, 3.8) is 0 Å². The van der Waals surface area contributed by atoms with Crippen molar-refractivity contribution in [2.75, 3.05) is 13.6 Å². The van der Waals surface area contributed by atoms with Gasteiger partial charge in [0.25, 0.3) is 0 Å². The van der Waals surface area contributed by atoms with Crippen molar-refractivity contribution in [2.45, 2.75) is 57.1 Å². The third-order valence-electron chi connectivity index (χ3n) is 5.92. The first-order valence-corrected chi connectivity index (χ1v) is 8.06. The zero-order valence-electron chi connectivity index (χ0n) is 14.3. The van der Waals surface area contributed by atoms with Crippen LogP contribution in [0.2, 0.25) is 0 Å². The summed E-state index contributed by atoms with van der Waals surface area (Å²) in [5.74, 6) is 0.265. The highest BCUT2D eigenvalue weighted by Gasteiger charge is 2.58. The fourth-order valence-electron chi connectivity index (χ4n) is 4.63. The quantitative estimate of drug-likeness (QED) is 0.665. The van der Waals surface area contributed by atoms with Gasteiger partial charge in [0.2, 0.25) is 0 Å². The smallest absolute Gasteiger partial charge is 0.308 e. The number of halogens is 1. The number of likely N-dealkylation sites (N-methyl/N-ethyl adjacent to an activating group) is 1. The van der Waals surface area contributed by atoms with Crippen LogP contribution in [0.5, 0.6) is 5.75 Å². The van der Waals surface area contributed by atoms with Gasteiger partial charge in [0, 0.05) is 18.4 Å². The molecule has 0 unspecified atom stereocenters. The number of aliphatic hydroxyl groups is 1. The molecule has 2 bridgehead atoms. The molecule has 1 aliphatic heterocycles. The van der Waals surface area contributed by atoms with Crippen molar-refractivity contribution in [2.24, 2.45) is 0 Å². The maximum Gasteiger partial charge on any atom is 0.308 e. The molecule has 0 aromatic heterocycles. The lowest BCUT2D eigenvalue weighted by atomic mass is 9.54. The molecule has 1 aromatic rings. The van der Waals surface area contributed by atoms with E-state index in [0.717, 1.165) is 31.4 Å². The Labute approximate surface area is 144 Å². The Morgan fingerprint density at radius 3 is 2.78 bits per heavy atom. The van der Waals surface area contributed by atoms with E-state index >= 15 is 0 Å². The van der Waals surface area contributed by atoms with Gasteiger partial charge in [-0.05, 0) is 63.0 Å². The van der Waals surface area contributed by atoms with E-state index in [9.17, 15) is 9.90 Å². The average molecular weight is 340 g/mol. The first kappa shape index (κ1) is 18.2. The number of ether oxygens (including phenoxy) is 1. The number of hydrogen-bond acceptors (Lipinski definition) is 4. The average Bonchev–Trinajstić information content (AvgIpc) is 2.43. The van der Waals surface area contributed by atoms with Crippen LogP contribution < -0.4 is 4.74 Å². The minimum atomic E-state index is -0.781. The summed E-state index contributed by atoms with van der Waals surface area (Å²) < 4.78 is 5.27. The van der Waals surface area contributed by atoms with E-state index in [-0.39, 0.29) is 29.8 Å². The number of rotatable bonds is 2. The number of nitrogens with zero attached hydrogens (tertiary/aromatic N) is 1. The Morgan fingerprint density at radius 2 is 2.17 bits per heavy atom. The molecule has 1 N–H and O–H groups in total. The molecule has 1 aromatic carbocycles. The van der Waals surface area contributed by atoms with E-state index in [0.29, 0.717) is 5.75 Å². The molecule has 4 nitrogen and oxygen atoms in total. The second-order valence-electron chi connectivity index (χ2n) is 6.95. The maximum absolute atomic E-state index is 11.3. The number of carbonyl (C=O) groups excluding carboxylic acids is 1. The minimum Gasteiger partial charge on any atom is -0.427 e. The highest BCUT2D eigenvalue weighted by Crippen LogP contribution is 2.53. The second-order valence-corrected chi connectivity index (χ2v) is 6.95. The third-order valence-corrected chi connectivity index (χ3v) is 5.92. The normalized spacial score (nSPS) is 32.7. The van der Waals surface area contributed by atoms with Gasteiger partial charge >= 0.3 is 5.97 Å². The molecule has 128 valence electrons. The van der Waals surface area contributed by atoms with Crippen molar-refractivity contribution in [3.05, 3.63) is 29.3 Å². The van der Waals surface area contributed by atoms with Crippen LogP contribution in [0.3, 0.4) is 0 Å². The van der Waals surface area contributed by atoms with Gasteiger partial charge in [0.05, 0.1) is 5.60 Å². The summed E-state index contributed by atoms with van der Waals surface area (Å²) in [5, 5.41) is 11.3. The molecule has 1 saturated heterocycles. The van der Waals surface area contributed by atoms with E-state index in [2.05, 4.69) is 24.9 Å². The molecular formula is C18H26ClNO3. The van der Waals surface area contributed by atoms with E-state index in [1.165, 1.54) is 12.5 Å². The number of piperidine rings is 1. The van der Waals surface area contributed by atoms with Crippen molar-refractivity contribution >= 4 is 18.4 Å². The first-order chi connectivity index (χ1) is 10.3. The SMILES string of the molecule is CC[C@]12CCN(C)[C@@H](Cc3ccc(OC(C)=O)cc31)[C@@]2(C)O.Cl. The van der Waals surface area contributed by atoms with Gasteiger partial charge in [0.15, 0.2) is 0 Å². The van der Waals surface area contributed by atoms with Crippen molar-refractivity contribution in [3.8, 4) is 5.75 Å². The molecular weight excluding hydrogens is 314 g/mol. The highest BCUT2D eigenvalue weighted by molar-refractivity contribution is 5.85. The van der Waals surface area contributed by atoms with Gasteiger partial charge in [-0.15, -0.1) is 12.4 Å². The molecule has 0 radical (unpaired) electrons. The molecule has 5 heteroatoms. The van der Waals surface area contributed by atoms with Crippen LogP contribution in [0, 0.1) is 0 Å². The van der Waals surface area contributed by atoms with Crippen LogP contribution in [0.4, 0.5) is 0 Å². The van der Waals surface area contributed by atoms with E-state index < -0.39 is 5.60 Å². The molecule has 0 saturated carbocycles. The number of hydrogen-bond donors (Lipinski definition) is 1. The Bertz CT molecular complexity index is 616. The van der Waals surface area contributed by atoms with Crippen LogP contribution in [-0.4, -0.2) is 41.2 Å². The van der Waals surface area contributed by atoms with Crippen LogP contribution in [0.15, 0.2) is 18.2 Å². The third kappa shape index (κ3) is 2.57. The molecule has 0 amide bonds. The lowest BCUT2D eigenvalue weighted by Gasteiger charge is -2.60. The van der Waals surface area contributed by atoms with Crippen molar-refractivity contribution < 1.29 is 14.6 Å². The molecule has 0 spiro atoms. The standard InChI is InChI=1S/C18H25NO3.ClH/c1-5-18-8-9-19(4)16(17(18,3)21)10-13-6-7-14(11-15(13)18)22-12(2)20;/h6-7,11,16,21H,5,8-10H2,1-4H3;1H/t16-,17+,18-;/m0./s1. The largest absolute Gasteiger partial charge is 0.427 e. The topological polar surface area (TPSA) is 49.8 Å². The second kappa shape index (κ2) is 6.08. The molecule has 3 atom stereocenters. The number of fused-ring (bicyclic) bond motifs is 4. The van der Waals surface area contributed by atoms with Crippen LogP contribution in [0.1, 0.15) is 44.7 Å². The molecule has 3 rings (SSSR count). The lowest BCUT2D eigenvalue weighted by molar-refractivity contribution is -0.132. The Kier molecular flexibility index (Phi) is 4.82. The Hall–Kier alpha value is -1.10. The van der Waals surface area contributed by atoms with E-state index in [1.807, 2.05) is 19.1 Å². The Morgan fingerprint density at radius 1 is 1.48 bits per heavy atom. The molecule has 1 aliphatic carbocycles. The van der Waals surface area contributed by atoms with Crippen LogP contribution >= 0.6 is 12.4 Å². The van der Waals surface area contributed by atoms with Gasteiger partial charge < -0.3 is 14.7 Å². The van der Waals surface area contributed by atoms with Crippen molar-refractivity contribution in [1.29, 1.82) is 0 Å². The summed E-state index contributed by atoms with van der Waals surface area (Å²) in [5.41, 5.74) is 1.37. The fraction of sp³-hybridized carbons (Fsp3) is 0.611. The summed E-state index contributed by atoms with van der Waals surface area (Å²) in [4.78, 5) is 13.5. The van der Waals surface area contributed by atoms with Crippen LogP contribution in [0.25, 0.3) is 0 Å². The van der Waals surface area contributed by atoms with Gasteiger partial charge in [-0.25, -0.2) is 0 Å². The summed E-state index contributed by atoms with van der Waals surface area (Å²) in [6.45, 7) is 6.51. The summed E-state index contributed by atoms with van der Waals surface area (Å²) in [6.07, 6.45) is 2.63. The molecule has 2 aliphatic rings. The van der Waals surface area contributed by atoms with Crippen LogP contribution in [-0.2, 0) is 16.6 Å². The van der Waals surface area contributed by atoms with Gasteiger partial charge in [-0.1, -0.05) is 13.0 Å². The van der Waals surface area contributed by atoms with Gasteiger partial charge in [-0.2, -0.15) is 0 Å². The fourth-order valence-corrected chi connectivity index (χ4v) is 4.63. The predicted octanol–water partition coefficient (Wildman–Crippen LogP) is 2.69. The summed E-state index contributed by atoms with van der Waals surface area (Å²) in [6, 6.07) is 6.02. The maximum atomic E-state index is 11.3. The summed E-state index contributed by atoms with van der Waals surface area (Å²) >= 11 is 0. The number of likely N-dealkylation sites (tertiary alicyclic amines) is 1. The van der Waals surface area contributed by atoms with Crippen molar-refractivity contribution in [1.82, 2.24) is 4.90 Å². The number of carbonyl (C=O) groups is 1. The van der Waals surface area contributed by atoms with E-state index in [4.69, 9.17) is 4.74 Å². The summed E-state index contributed by atoms with van der Waals surface area (Å²) in [7, 11) is 2.09. The highest BCUT2D eigenvalue weighted by atomic mass is 35.5. The number of benzene rings is 1. The van der Waals surface area contributed by atoms with Gasteiger partial charge in [-0.3, -0.25) is 4.79 Å². The molecule has 23 heavy (non-hydrogen) atoms. The minimum absolute atomic E-state index is 0. The lowest BCUT2D eigenvalue weighted by Crippen LogP contribution is -2.69. The molecule has 1 fully saturated rings. The first-order valence-electron chi connectivity index (χ1n) is 8.06. The monoisotopic (exact) mass is 339 g/mol. The van der Waals surface area contributed by atoms with Gasteiger partial charge in [0.1, 0.15) is 5.75 Å². The van der Waals surface area contributed by atoms with E-state index in [1.54, 1.807) is 0 Å². The number of esters is 1. The molecule has 1 heterocycles. The zero-order valence-corrected chi connectivity index (χ0v) is 15.1.